The quantitative estimate of drug-likeness (QED) is 0.752. The highest BCUT2D eigenvalue weighted by Crippen LogP contribution is 2.24. The third kappa shape index (κ3) is 4.27. The Bertz CT molecular complexity index is 556. The Hall–Kier alpha value is -1.92. The van der Waals surface area contributed by atoms with Crippen LogP contribution in [0, 0.1) is 6.92 Å². The normalized spacial score (nSPS) is 10.8. The van der Waals surface area contributed by atoms with Gasteiger partial charge < -0.3 is 14.5 Å². The van der Waals surface area contributed by atoms with E-state index in [2.05, 4.69) is 41.5 Å². The number of aryl methyl sites for hydroxylation is 1. The van der Waals surface area contributed by atoms with Crippen molar-refractivity contribution < 1.29 is 9.15 Å². The largest absolute Gasteiger partial charge is 0.406 e. The fraction of sp³-hybridized carbons (Fsp3) is 0.467. The van der Waals surface area contributed by atoms with E-state index < -0.39 is 0 Å². The summed E-state index contributed by atoms with van der Waals surface area (Å²) in [6.45, 7) is 6.85. The third-order valence-electron chi connectivity index (χ3n) is 3.08. The molecule has 0 saturated heterocycles. The van der Waals surface area contributed by atoms with Crippen LogP contribution in [0.3, 0.4) is 0 Å². The molecule has 0 aliphatic rings. The number of ether oxygens (including phenoxy) is 1. The van der Waals surface area contributed by atoms with Gasteiger partial charge in [-0.2, -0.15) is 0 Å². The first-order valence-corrected chi connectivity index (χ1v) is 7.10. The van der Waals surface area contributed by atoms with E-state index >= 15 is 0 Å². The number of hydrogen-bond donors (Lipinski definition) is 1. The standard InChI is InChI=1S/C15H22N4O2/c1-4-19(13-7-5-6-12(2)10-13)15-18-17-14(21-15)11-16-8-9-20-3/h5-7,10,16H,4,8-9,11H2,1-3H3. The monoisotopic (exact) mass is 290 g/mol. The Morgan fingerprint density at radius 2 is 2.19 bits per heavy atom. The van der Waals surface area contributed by atoms with Gasteiger partial charge in [-0.05, 0) is 31.5 Å². The van der Waals surface area contributed by atoms with Crippen molar-refractivity contribution in [3.05, 3.63) is 35.7 Å². The van der Waals surface area contributed by atoms with Gasteiger partial charge in [-0.15, -0.1) is 5.10 Å². The second kappa shape index (κ2) is 7.75. The molecule has 114 valence electrons. The molecule has 0 fully saturated rings. The van der Waals surface area contributed by atoms with Crippen LogP contribution in [0.25, 0.3) is 0 Å². The number of aromatic nitrogens is 2. The molecule has 0 spiro atoms. The average Bonchev–Trinajstić information content (AvgIpc) is 2.93. The van der Waals surface area contributed by atoms with Gasteiger partial charge in [0.1, 0.15) is 0 Å². The molecule has 1 N–H and O–H groups in total. The first kappa shape index (κ1) is 15.5. The van der Waals surface area contributed by atoms with E-state index in [4.69, 9.17) is 9.15 Å². The number of hydrogen-bond acceptors (Lipinski definition) is 6. The molecule has 0 amide bonds. The fourth-order valence-electron chi connectivity index (χ4n) is 2.02. The SMILES string of the molecule is CCN(c1cccc(C)c1)c1nnc(CNCCOC)o1. The van der Waals surface area contributed by atoms with Crippen LogP contribution in [0.4, 0.5) is 11.7 Å². The summed E-state index contributed by atoms with van der Waals surface area (Å²) in [7, 11) is 1.67. The van der Waals surface area contributed by atoms with Crippen molar-refractivity contribution in [3.8, 4) is 0 Å². The second-order valence-corrected chi connectivity index (χ2v) is 4.73. The Morgan fingerprint density at radius 1 is 1.33 bits per heavy atom. The minimum Gasteiger partial charge on any atom is -0.406 e. The molecule has 0 aliphatic heterocycles. The van der Waals surface area contributed by atoms with Gasteiger partial charge in [0.2, 0.25) is 5.89 Å². The van der Waals surface area contributed by atoms with Gasteiger partial charge in [0.05, 0.1) is 13.2 Å². The van der Waals surface area contributed by atoms with Gasteiger partial charge in [0.25, 0.3) is 0 Å². The summed E-state index contributed by atoms with van der Waals surface area (Å²) in [4.78, 5) is 2.00. The molecule has 0 atom stereocenters. The molecule has 1 aromatic heterocycles. The number of anilines is 2. The molecule has 0 bridgehead atoms. The van der Waals surface area contributed by atoms with Crippen molar-refractivity contribution in [2.75, 3.05) is 31.7 Å². The van der Waals surface area contributed by atoms with Gasteiger partial charge in [0, 0.05) is 25.9 Å². The maximum absolute atomic E-state index is 5.71. The summed E-state index contributed by atoms with van der Waals surface area (Å²) in [5.41, 5.74) is 2.26. The van der Waals surface area contributed by atoms with Crippen molar-refractivity contribution >= 4 is 11.7 Å². The van der Waals surface area contributed by atoms with Gasteiger partial charge in [0.15, 0.2) is 0 Å². The molecule has 21 heavy (non-hydrogen) atoms. The molecule has 0 radical (unpaired) electrons. The van der Waals surface area contributed by atoms with E-state index in [0.717, 1.165) is 18.8 Å². The van der Waals surface area contributed by atoms with Crippen LogP contribution in [-0.2, 0) is 11.3 Å². The summed E-state index contributed by atoms with van der Waals surface area (Å²) < 4.78 is 10.7. The van der Waals surface area contributed by atoms with Crippen LogP contribution >= 0.6 is 0 Å². The number of benzene rings is 1. The number of nitrogens with zero attached hydrogens (tertiary/aromatic N) is 3. The van der Waals surface area contributed by atoms with E-state index in [9.17, 15) is 0 Å². The molecular formula is C15H22N4O2. The lowest BCUT2D eigenvalue weighted by molar-refractivity contribution is 0.198. The topological polar surface area (TPSA) is 63.4 Å². The average molecular weight is 290 g/mol. The molecule has 2 aromatic rings. The number of methoxy groups -OCH3 is 1. The molecule has 2 rings (SSSR count). The predicted octanol–water partition coefficient (Wildman–Crippen LogP) is 2.27. The summed E-state index contributed by atoms with van der Waals surface area (Å²) in [6.07, 6.45) is 0. The minimum absolute atomic E-state index is 0.520. The first-order chi connectivity index (χ1) is 10.2. The summed E-state index contributed by atoms with van der Waals surface area (Å²) in [6, 6.07) is 8.75. The lowest BCUT2D eigenvalue weighted by Gasteiger charge is -2.18. The molecule has 0 aliphatic carbocycles. The van der Waals surface area contributed by atoms with Gasteiger partial charge in [-0.25, -0.2) is 0 Å². The van der Waals surface area contributed by atoms with Crippen LogP contribution in [0.1, 0.15) is 18.4 Å². The van der Waals surface area contributed by atoms with Crippen molar-refractivity contribution in [2.24, 2.45) is 0 Å². The highest BCUT2D eigenvalue weighted by Gasteiger charge is 2.14. The van der Waals surface area contributed by atoms with Crippen molar-refractivity contribution in [2.45, 2.75) is 20.4 Å². The fourth-order valence-corrected chi connectivity index (χ4v) is 2.02. The van der Waals surface area contributed by atoms with E-state index in [0.29, 0.717) is 25.1 Å². The zero-order valence-electron chi connectivity index (χ0n) is 12.8. The maximum atomic E-state index is 5.71. The molecule has 0 saturated carbocycles. The second-order valence-electron chi connectivity index (χ2n) is 4.73. The van der Waals surface area contributed by atoms with E-state index in [1.165, 1.54) is 5.56 Å². The Balaban J connectivity index is 2.04. The zero-order chi connectivity index (χ0) is 15.1. The summed E-state index contributed by atoms with van der Waals surface area (Å²) in [5, 5.41) is 11.4. The van der Waals surface area contributed by atoms with Crippen LogP contribution in [0.15, 0.2) is 28.7 Å². The van der Waals surface area contributed by atoms with Gasteiger partial charge in [-0.1, -0.05) is 17.2 Å². The summed E-state index contributed by atoms with van der Waals surface area (Å²) in [5.74, 6) is 0.576. The minimum atomic E-state index is 0.520. The molecule has 0 unspecified atom stereocenters. The Labute approximate surface area is 125 Å². The van der Waals surface area contributed by atoms with E-state index in [1.54, 1.807) is 7.11 Å². The van der Waals surface area contributed by atoms with Crippen molar-refractivity contribution in [3.63, 3.8) is 0 Å². The maximum Gasteiger partial charge on any atom is 0.322 e. The predicted molar refractivity (Wildman–Crippen MR) is 81.7 cm³/mol. The lowest BCUT2D eigenvalue weighted by atomic mass is 10.2. The summed E-state index contributed by atoms with van der Waals surface area (Å²) >= 11 is 0. The lowest BCUT2D eigenvalue weighted by Crippen LogP contribution is -2.18. The number of rotatable bonds is 8. The smallest absolute Gasteiger partial charge is 0.322 e. The first-order valence-electron chi connectivity index (χ1n) is 7.10. The third-order valence-corrected chi connectivity index (χ3v) is 3.08. The van der Waals surface area contributed by atoms with Crippen LogP contribution < -0.4 is 10.2 Å². The van der Waals surface area contributed by atoms with Gasteiger partial charge >= 0.3 is 6.01 Å². The van der Waals surface area contributed by atoms with Crippen LogP contribution in [0.5, 0.6) is 0 Å². The Kier molecular flexibility index (Phi) is 5.71. The van der Waals surface area contributed by atoms with Crippen LogP contribution in [-0.4, -0.2) is 37.0 Å². The highest BCUT2D eigenvalue weighted by molar-refractivity contribution is 5.56. The van der Waals surface area contributed by atoms with Crippen molar-refractivity contribution in [1.82, 2.24) is 15.5 Å². The molecule has 1 aromatic carbocycles. The van der Waals surface area contributed by atoms with E-state index in [1.807, 2.05) is 17.0 Å². The highest BCUT2D eigenvalue weighted by atomic mass is 16.5. The zero-order valence-corrected chi connectivity index (χ0v) is 12.8. The molecule has 6 heteroatoms. The van der Waals surface area contributed by atoms with E-state index in [-0.39, 0.29) is 0 Å². The molecule has 1 heterocycles. The van der Waals surface area contributed by atoms with Crippen LogP contribution in [0.2, 0.25) is 0 Å². The molecule has 6 nitrogen and oxygen atoms in total. The van der Waals surface area contributed by atoms with Crippen molar-refractivity contribution in [1.29, 1.82) is 0 Å². The Morgan fingerprint density at radius 3 is 2.90 bits per heavy atom. The number of nitrogens with one attached hydrogen (secondary N) is 1. The van der Waals surface area contributed by atoms with Gasteiger partial charge in [-0.3, -0.25) is 4.90 Å². The molecular weight excluding hydrogens is 268 g/mol.